The van der Waals surface area contributed by atoms with Crippen LogP contribution in [0.3, 0.4) is 0 Å². The second-order valence-corrected chi connectivity index (χ2v) is 5.83. The molecule has 2 aromatic heterocycles. The van der Waals surface area contributed by atoms with Crippen molar-refractivity contribution in [2.75, 3.05) is 19.7 Å². The lowest BCUT2D eigenvalue weighted by Gasteiger charge is -2.32. The quantitative estimate of drug-likeness (QED) is 0.868. The first-order valence-corrected chi connectivity index (χ1v) is 8.06. The Morgan fingerprint density at radius 2 is 2.38 bits per heavy atom. The maximum atomic E-state index is 12.4. The lowest BCUT2D eigenvalue weighted by atomic mass is 10.1. The molecule has 0 unspecified atom stereocenters. The van der Waals surface area contributed by atoms with Gasteiger partial charge < -0.3 is 14.6 Å². The number of aromatic amines is 1. The number of hydrogen-bond donors (Lipinski definition) is 1. The Labute approximate surface area is 139 Å². The Balaban J connectivity index is 1.56. The van der Waals surface area contributed by atoms with Crippen LogP contribution in [0, 0.1) is 6.92 Å². The predicted molar refractivity (Wildman–Crippen MR) is 86.3 cm³/mol. The molecule has 1 N–H and O–H groups in total. The lowest BCUT2D eigenvalue weighted by molar-refractivity contribution is -0.139. The molecule has 24 heavy (non-hydrogen) atoms. The van der Waals surface area contributed by atoms with Crippen molar-refractivity contribution in [1.82, 2.24) is 24.6 Å². The standard InChI is InChI=1S/C16H21N5O3/c1-12-18-13(10-15(22)19-12)14-11-20(8-9-24-14)16(23)4-2-6-21-7-3-5-17-21/h3,5,7,10,14H,2,4,6,8-9,11H2,1H3,(H,18,19,22)/t14-/m1/s1. The van der Waals surface area contributed by atoms with Crippen LogP contribution >= 0.6 is 0 Å². The molecule has 1 aliphatic heterocycles. The molecule has 2 aromatic rings. The van der Waals surface area contributed by atoms with Crippen LogP contribution in [-0.4, -0.2) is 50.3 Å². The number of carbonyl (C=O) groups excluding carboxylic acids is 1. The number of amides is 1. The second-order valence-electron chi connectivity index (χ2n) is 5.83. The first-order valence-electron chi connectivity index (χ1n) is 8.06. The minimum Gasteiger partial charge on any atom is -0.368 e. The van der Waals surface area contributed by atoms with E-state index in [0.717, 1.165) is 13.0 Å². The number of carbonyl (C=O) groups is 1. The molecule has 1 aliphatic rings. The number of aryl methyl sites for hydroxylation is 2. The van der Waals surface area contributed by atoms with Gasteiger partial charge in [-0.1, -0.05) is 0 Å². The fraction of sp³-hybridized carbons (Fsp3) is 0.500. The highest BCUT2D eigenvalue weighted by Crippen LogP contribution is 2.20. The van der Waals surface area contributed by atoms with Crippen LogP contribution in [0.25, 0.3) is 0 Å². The number of rotatable bonds is 5. The van der Waals surface area contributed by atoms with E-state index in [1.165, 1.54) is 6.07 Å². The molecule has 0 aliphatic carbocycles. The molecule has 1 fully saturated rings. The van der Waals surface area contributed by atoms with Gasteiger partial charge in [0.15, 0.2) is 0 Å². The molecule has 0 bridgehead atoms. The van der Waals surface area contributed by atoms with Crippen molar-refractivity contribution < 1.29 is 9.53 Å². The van der Waals surface area contributed by atoms with Gasteiger partial charge in [0.1, 0.15) is 11.9 Å². The van der Waals surface area contributed by atoms with Crippen LogP contribution in [0.5, 0.6) is 0 Å². The zero-order valence-corrected chi connectivity index (χ0v) is 13.6. The van der Waals surface area contributed by atoms with Gasteiger partial charge in [-0.3, -0.25) is 14.3 Å². The zero-order valence-electron chi connectivity index (χ0n) is 13.6. The van der Waals surface area contributed by atoms with Crippen molar-refractivity contribution in [2.24, 2.45) is 0 Å². The van der Waals surface area contributed by atoms with E-state index in [4.69, 9.17) is 4.74 Å². The summed E-state index contributed by atoms with van der Waals surface area (Å²) >= 11 is 0. The molecule has 1 saturated heterocycles. The van der Waals surface area contributed by atoms with E-state index in [-0.39, 0.29) is 17.6 Å². The third-order valence-corrected chi connectivity index (χ3v) is 3.97. The van der Waals surface area contributed by atoms with E-state index in [2.05, 4.69) is 15.1 Å². The smallest absolute Gasteiger partial charge is 0.251 e. The minimum absolute atomic E-state index is 0.0945. The molecule has 1 atom stereocenters. The summed E-state index contributed by atoms with van der Waals surface area (Å²) in [6.07, 6.45) is 4.47. The van der Waals surface area contributed by atoms with Gasteiger partial charge in [-0.2, -0.15) is 5.10 Å². The maximum absolute atomic E-state index is 12.4. The normalized spacial score (nSPS) is 17.9. The van der Waals surface area contributed by atoms with Gasteiger partial charge in [0.05, 0.1) is 18.8 Å². The Hall–Kier alpha value is -2.48. The average Bonchev–Trinajstić information content (AvgIpc) is 3.07. The van der Waals surface area contributed by atoms with Gasteiger partial charge in [-0.25, -0.2) is 4.98 Å². The van der Waals surface area contributed by atoms with Gasteiger partial charge in [-0.15, -0.1) is 0 Å². The molecule has 8 heteroatoms. The van der Waals surface area contributed by atoms with E-state index in [1.54, 1.807) is 18.0 Å². The monoisotopic (exact) mass is 331 g/mol. The van der Waals surface area contributed by atoms with Crippen LogP contribution < -0.4 is 5.56 Å². The van der Waals surface area contributed by atoms with Gasteiger partial charge in [0.2, 0.25) is 5.91 Å². The molecule has 128 valence electrons. The Bertz CT molecular complexity index is 740. The second kappa shape index (κ2) is 7.39. The molecule has 3 heterocycles. The van der Waals surface area contributed by atoms with Crippen molar-refractivity contribution in [3.05, 3.63) is 46.4 Å². The zero-order chi connectivity index (χ0) is 16.9. The topological polar surface area (TPSA) is 93.1 Å². The van der Waals surface area contributed by atoms with Crippen molar-refractivity contribution >= 4 is 5.91 Å². The molecule has 8 nitrogen and oxygen atoms in total. The largest absolute Gasteiger partial charge is 0.368 e. The molecule has 3 rings (SSSR count). The summed E-state index contributed by atoms with van der Waals surface area (Å²) in [6.45, 7) is 3.89. The summed E-state index contributed by atoms with van der Waals surface area (Å²) in [6, 6.07) is 3.30. The van der Waals surface area contributed by atoms with Crippen LogP contribution in [0.1, 0.15) is 30.5 Å². The molecule has 0 saturated carbocycles. The fourth-order valence-electron chi connectivity index (χ4n) is 2.81. The number of aromatic nitrogens is 4. The van der Waals surface area contributed by atoms with Crippen LogP contribution in [0.4, 0.5) is 0 Å². The molecule has 1 amide bonds. The number of nitrogens with zero attached hydrogens (tertiary/aromatic N) is 4. The van der Waals surface area contributed by atoms with Crippen LogP contribution in [-0.2, 0) is 16.1 Å². The van der Waals surface area contributed by atoms with Crippen molar-refractivity contribution in [3.8, 4) is 0 Å². The SMILES string of the molecule is Cc1nc([C@H]2CN(C(=O)CCCn3cccn3)CCO2)cc(=O)[nH]1. The Kier molecular flexibility index (Phi) is 5.05. The van der Waals surface area contributed by atoms with Crippen molar-refractivity contribution in [2.45, 2.75) is 32.4 Å². The summed E-state index contributed by atoms with van der Waals surface area (Å²) < 4.78 is 7.51. The number of morpholine rings is 1. The highest BCUT2D eigenvalue weighted by atomic mass is 16.5. The summed E-state index contributed by atoms with van der Waals surface area (Å²) in [7, 11) is 0. The molecular weight excluding hydrogens is 310 g/mol. The van der Waals surface area contributed by atoms with E-state index in [9.17, 15) is 9.59 Å². The highest BCUT2D eigenvalue weighted by Gasteiger charge is 2.26. The number of ether oxygens (including phenoxy) is 1. The molecule has 0 aromatic carbocycles. The van der Waals surface area contributed by atoms with Crippen LogP contribution in [0.2, 0.25) is 0 Å². The summed E-state index contributed by atoms with van der Waals surface area (Å²) in [5.41, 5.74) is 0.370. The van der Waals surface area contributed by atoms with Gasteiger partial charge in [0, 0.05) is 38.0 Å². The molecule has 0 spiro atoms. The Morgan fingerprint density at radius 1 is 1.50 bits per heavy atom. The van der Waals surface area contributed by atoms with Crippen molar-refractivity contribution in [1.29, 1.82) is 0 Å². The van der Waals surface area contributed by atoms with E-state index in [1.807, 2.05) is 16.9 Å². The lowest BCUT2D eigenvalue weighted by Crippen LogP contribution is -2.42. The summed E-state index contributed by atoms with van der Waals surface area (Å²) in [4.78, 5) is 32.7. The number of hydrogen-bond acceptors (Lipinski definition) is 5. The molecule has 0 radical (unpaired) electrons. The Morgan fingerprint density at radius 3 is 3.12 bits per heavy atom. The highest BCUT2D eigenvalue weighted by molar-refractivity contribution is 5.76. The molecular formula is C16H21N5O3. The van der Waals surface area contributed by atoms with Gasteiger partial charge in [0.25, 0.3) is 5.56 Å². The fourth-order valence-corrected chi connectivity index (χ4v) is 2.81. The summed E-state index contributed by atoms with van der Waals surface area (Å²) in [5.74, 6) is 0.640. The maximum Gasteiger partial charge on any atom is 0.251 e. The predicted octanol–water partition coefficient (Wildman–Crippen LogP) is 0.655. The van der Waals surface area contributed by atoms with Gasteiger partial charge in [-0.05, 0) is 19.4 Å². The third kappa shape index (κ3) is 4.08. The number of nitrogens with one attached hydrogen (secondary N) is 1. The summed E-state index contributed by atoms with van der Waals surface area (Å²) in [5, 5.41) is 4.12. The van der Waals surface area contributed by atoms with E-state index < -0.39 is 0 Å². The minimum atomic E-state index is -0.352. The first kappa shape index (κ1) is 16.4. The van der Waals surface area contributed by atoms with Crippen LogP contribution in [0.15, 0.2) is 29.3 Å². The van der Waals surface area contributed by atoms with E-state index in [0.29, 0.717) is 37.6 Å². The third-order valence-electron chi connectivity index (χ3n) is 3.97. The van der Waals surface area contributed by atoms with Gasteiger partial charge >= 0.3 is 0 Å². The first-order chi connectivity index (χ1) is 11.6. The van der Waals surface area contributed by atoms with E-state index >= 15 is 0 Å². The average molecular weight is 331 g/mol. The van der Waals surface area contributed by atoms with Crippen molar-refractivity contribution in [3.63, 3.8) is 0 Å². The number of H-pyrrole nitrogens is 1.